The van der Waals surface area contributed by atoms with Crippen LogP contribution in [0.1, 0.15) is 211 Å². The summed E-state index contributed by atoms with van der Waals surface area (Å²) in [6.45, 7) is 19.3. The van der Waals surface area contributed by atoms with Gasteiger partial charge in [0.25, 0.3) is 0 Å². The summed E-state index contributed by atoms with van der Waals surface area (Å²) in [6, 6.07) is 80.1. The number of methoxy groups -OCH3 is 2. The van der Waals surface area contributed by atoms with Crippen LogP contribution in [0.4, 0.5) is 0 Å². The molecule has 5 heterocycles. The highest BCUT2D eigenvalue weighted by Crippen LogP contribution is 2.37. The molecule has 23 heteroatoms. The molecule has 136 heavy (non-hydrogen) atoms. The van der Waals surface area contributed by atoms with Crippen LogP contribution in [0.5, 0.6) is 11.5 Å². The SMILES string of the molecule is CC.CC.CC.CC.CC.COc1cc(-c2cc(/C=C3\Cc4ccccc4C3=O)[nH]n2)cc(CO)c1CO.COc1cc(CO)cc(-c2cc(/C=C3\Cc4ccccc4C3=O)[nH]n2)c1.O=C1/C(=C/c2cc(-c3ccc(CO)c(CO)c3)n[nH]2)Cc2ccccc21.O=C1/C(=C/c2cc(-c3ccc(CO)cc3)n[nH]2)Cc2ccccc21.O=C1/C(=C/c2cc(-c3ccccc3)n[nH]2)Cc2ccccc21. The number of ketones is 5. The second kappa shape index (κ2) is 49.9. The zero-order chi connectivity index (χ0) is 97.3. The number of fused-ring (bicyclic) bond motifs is 5. The molecule has 15 aromatic rings. The molecule has 0 aliphatic heterocycles. The van der Waals surface area contributed by atoms with E-state index in [1.54, 1.807) is 31.4 Å². The van der Waals surface area contributed by atoms with E-state index in [-0.39, 0.29) is 68.6 Å². The quantitative estimate of drug-likeness (QED) is 0.0355. The van der Waals surface area contributed by atoms with Crippen molar-refractivity contribution in [3.63, 3.8) is 0 Å². The Morgan fingerprint density at radius 1 is 0.265 bits per heavy atom. The van der Waals surface area contributed by atoms with Gasteiger partial charge in [0.05, 0.1) is 111 Å². The van der Waals surface area contributed by atoms with Gasteiger partial charge in [-0.1, -0.05) is 257 Å². The minimum absolute atomic E-state index is 0.0286. The summed E-state index contributed by atoms with van der Waals surface area (Å²) in [4.78, 5) is 62.3. The molecule has 696 valence electrons. The molecule has 0 bridgehead atoms. The molecule has 20 rings (SSSR count). The highest BCUT2D eigenvalue weighted by atomic mass is 16.5. The number of aromatic amines is 5. The molecular weight excluding hydrogens is 1710 g/mol. The smallest absolute Gasteiger partial charge is 0.189 e. The molecular formula is C113H116N10O13. The van der Waals surface area contributed by atoms with Gasteiger partial charge in [-0.25, -0.2) is 0 Å². The number of Topliss-reactive ketones (excluding diaryl/α,β-unsaturated/α-hetero) is 5. The first-order valence-corrected chi connectivity index (χ1v) is 45.8. The average Bonchev–Trinajstić information content (AvgIpc) is 1.27. The minimum Gasteiger partial charge on any atom is -0.497 e. The van der Waals surface area contributed by atoms with Crippen molar-refractivity contribution in [1.82, 2.24) is 51.0 Å². The van der Waals surface area contributed by atoms with Crippen LogP contribution in [0.15, 0.2) is 283 Å². The van der Waals surface area contributed by atoms with Crippen LogP contribution in [0, 0.1) is 0 Å². The Morgan fingerprint density at radius 2 is 0.559 bits per heavy atom. The second-order valence-electron chi connectivity index (χ2n) is 30.6. The largest absolute Gasteiger partial charge is 0.497 e. The van der Waals surface area contributed by atoms with Crippen LogP contribution < -0.4 is 9.47 Å². The Labute approximate surface area is 792 Å². The molecule has 0 radical (unpaired) electrons. The monoisotopic (exact) mass is 1820 g/mol. The predicted molar refractivity (Wildman–Crippen MR) is 538 cm³/mol. The van der Waals surface area contributed by atoms with Crippen molar-refractivity contribution >= 4 is 59.3 Å². The van der Waals surface area contributed by atoms with Crippen molar-refractivity contribution in [3.05, 3.63) is 400 Å². The van der Waals surface area contributed by atoms with Gasteiger partial charge in [0.2, 0.25) is 0 Å². The summed E-state index contributed by atoms with van der Waals surface area (Å²) in [7, 11) is 3.10. The van der Waals surface area contributed by atoms with Gasteiger partial charge in [-0.2, -0.15) is 25.5 Å². The standard InChI is InChI=1S/C22H20N2O4.2C21H18N2O3.C20H16N2O2.C19H14N2O.5C2H6/c1-28-21-9-14(7-16(11-25)19(21)12-26)20-10-17(23-24-20)8-15-6-13-4-2-3-5-18(13)22(15)27;1-26-18-7-13(12-24)6-15(10-18)20-11-17(22-23-20)9-16-8-14-4-2-3-5-19(14)21(16)25;24-11-15-6-5-14(8-17(15)12-25)20-10-18(22-23-20)9-16-7-13-3-1-2-4-19(13)21(16)26;23-12-13-5-7-14(8-6-13)19-11-17(21-22-19)10-16-9-15-3-1-2-4-18(15)20(16)24;22-19-15(10-14-8-4-5-9-17(14)19)11-16-12-18(21-20-16)13-6-2-1-3-7-13;5*1-2/h2-5,7-10,25-26H,6,11-12H2,1H3,(H,23,24);2-7,9-11,24H,8,12H2,1H3,(H,22,23);1-6,8-10,24-25H,7,11-12H2,(H,22,23);1-8,10-11,23H,9,12H2,(H,21,22);1-9,11-12H,10H2,(H,20,21);5*1-2H3/b15-8+;2*16-9+;16-10+;15-11+;;;;;. The topological polar surface area (TPSA) is 369 Å². The molecule has 5 aliphatic rings. The summed E-state index contributed by atoms with van der Waals surface area (Å²) >= 11 is 0. The number of ether oxygens (including phenoxy) is 2. The number of aromatic nitrogens is 10. The number of aliphatic hydroxyl groups is 6. The summed E-state index contributed by atoms with van der Waals surface area (Å²) in [5.74, 6) is 1.54. The van der Waals surface area contributed by atoms with Crippen LogP contribution in [0.2, 0.25) is 0 Å². The van der Waals surface area contributed by atoms with Gasteiger partial charge in [-0.3, -0.25) is 49.5 Å². The zero-order valence-electron chi connectivity index (χ0n) is 78.7. The molecule has 11 N–H and O–H groups in total. The van der Waals surface area contributed by atoms with E-state index in [0.717, 1.165) is 174 Å². The van der Waals surface area contributed by atoms with Crippen molar-refractivity contribution in [2.75, 3.05) is 14.2 Å². The fourth-order valence-corrected chi connectivity index (χ4v) is 15.9. The Kier molecular flexibility index (Phi) is 37.2. The summed E-state index contributed by atoms with van der Waals surface area (Å²) in [6.07, 6.45) is 12.5. The number of carbonyl (C=O) groups excluding carboxylic acids is 5. The number of hydrogen-bond acceptors (Lipinski definition) is 18. The van der Waals surface area contributed by atoms with Gasteiger partial charge in [-0.15, -0.1) is 0 Å². The van der Waals surface area contributed by atoms with Crippen molar-refractivity contribution in [2.24, 2.45) is 0 Å². The second-order valence-corrected chi connectivity index (χ2v) is 30.6. The Hall–Kier alpha value is -15.3. The maximum atomic E-state index is 12.5. The van der Waals surface area contributed by atoms with Crippen LogP contribution in [0.25, 0.3) is 86.7 Å². The van der Waals surface area contributed by atoms with Crippen molar-refractivity contribution in [3.8, 4) is 67.8 Å². The number of aliphatic hydroxyl groups excluding tert-OH is 6. The third kappa shape index (κ3) is 24.4. The molecule has 0 saturated carbocycles. The lowest BCUT2D eigenvalue weighted by molar-refractivity contribution is 0.103. The summed E-state index contributed by atoms with van der Waals surface area (Å²) in [5.41, 5.74) is 29.4. The van der Waals surface area contributed by atoms with Gasteiger partial charge >= 0.3 is 0 Å². The normalized spacial score (nSPS) is 14.0. The van der Waals surface area contributed by atoms with Crippen molar-refractivity contribution in [2.45, 2.75) is 141 Å². The molecule has 0 spiro atoms. The number of rotatable bonds is 18. The van der Waals surface area contributed by atoms with Gasteiger partial charge in [0, 0.05) is 121 Å². The van der Waals surface area contributed by atoms with Gasteiger partial charge in [0.1, 0.15) is 11.5 Å². The number of hydrogen-bond donors (Lipinski definition) is 11. The van der Waals surface area contributed by atoms with E-state index in [9.17, 15) is 49.5 Å². The van der Waals surface area contributed by atoms with Gasteiger partial charge < -0.3 is 40.1 Å². The predicted octanol–water partition coefficient (Wildman–Crippen LogP) is 21.6. The average molecular weight is 1820 g/mol. The van der Waals surface area contributed by atoms with Crippen LogP contribution in [-0.4, -0.2) is 125 Å². The molecule has 0 atom stereocenters. The van der Waals surface area contributed by atoms with E-state index in [1.807, 2.05) is 330 Å². The van der Waals surface area contributed by atoms with Gasteiger partial charge in [-0.05, 0) is 153 Å². The zero-order valence-corrected chi connectivity index (χ0v) is 78.7. The summed E-state index contributed by atoms with van der Waals surface area (Å²) < 4.78 is 10.6. The fraction of sp³-hybridized carbons (Fsp3) is 0.204. The first-order valence-electron chi connectivity index (χ1n) is 45.8. The van der Waals surface area contributed by atoms with Crippen LogP contribution in [0.3, 0.4) is 0 Å². The highest BCUT2D eigenvalue weighted by Gasteiger charge is 2.30. The number of H-pyrrole nitrogens is 5. The number of nitrogens with one attached hydrogen (secondary N) is 5. The third-order valence-corrected chi connectivity index (χ3v) is 22.5. The molecule has 0 unspecified atom stereocenters. The van der Waals surface area contributed by atoms with E-state index in [0.29, 0.717) is 71.6 Å². The lowest BCUT2D eigenvalue weighted by Gasteiger charge is -2.12. The lowest BCUT2D eigenvalue weighted by Crippen LogP contribution is -1.99. The Morgan fingerprint density at radius 3 is 0.868 bits per heavy atom. The third-order valence-electron chi connectivity index (χ3n) is 22.5. The first-order chi connectivity index (χ1) is 66.6. The molecule has 5 aliphatic carbocycles. The van der Waals surface area contributed by atoms with Crippen LogP contribution >= 0.6 is 0 Å². The molecule has 0 saturated heterocycles. The van der Waals surface area contributed by atoms with Crippen molar-refractivity contribution in [1.29, 1.82) is 0 Å². The van der Waals surface area contributed by atoms with Crippen molar-refractivity contribution < 1.29 is 64.1 Å². The lowest BCUT2D eigenvalue weighted by atomic mass is 10.0. The highest BCUT2D eigenvalue weighted by molar-refractivity contribution is 6.18. The summed E-state index contributed by atoms with van der Waals surface area (Å²) in [5, 5.41) is 92.9. The Balaban J connectivity index is 0.000000160. The van der Waals surface area contributed by atoms with Gasteiger partial charge in [0.15, 0.2) is 28.9 Å². The van der Waals surface area contributed by atoms with Crippen LogP contribution in [-0.2, 0) is 71.7 Å². The maximum Gasteiger partial charge on any atom is 0.189 e. The Bertz CT molecular complexity index is 6760. The minimum atomic E-state index is -0.222. The molecule has 10 aromatic carbocycles. The van der Waals surface area contributed by atoms with E-state index >= 15 is 0 Å². The molecule has 0 fully saturated rings. The number of allylic oxidation sites excluding steroid dienone is 5. The fourth-order valence-electron chi connectivity index (χ4n) is 15.9. The van der Waals surface area contributed by atoms with E-state index in [1.165, 1.54) is 7.11 Å². The van der Waals surface area contributed by atoms with E-state index in [2.05, 4.69) is 51.0 Å². The number of nitrogens with zero attached hydrogens (tertiary/aromatic N) is 5. The first kappa shape index (κ1) is 101. The van der Waals surface area contributed by atoms with E-state index in [4.69, 9.17) is 14.6 Å². The van der Waals surface area contributed by atoms with E-state index < -0.39 is 0 Å². The number of carbonyl (C=O) groups is 5. The molecule has 23 nitrogen and oxygen atoms in total. The molecule has 0 amide bonds. The molecule has 5 aromatic heterocycles. The number of benzene rings is 10. The maximum absolute atomic E-state index is 12.5.